The molecule has 2 aliphatic rings. The summed E-state index contributed by atoms with van der Waals surface area (Å²) >= 11 is 0. The summed E-state index contributed by atoms with van der Waals surface area (Å²) < 4.78 is 3.43. The molecule has 0 unspecified atom stereocenters. The van der Waals surface area contributed by atoms with Crippen LogP contribution in [0.25, 0.3) is 16.8 Å². The molecule has 6 rings (SSSR count). The van der Waals surface area contributed by atoms with Gasteiger partial charge in [0.2, 0.25) is 5.95 Å². The van der Waals surface area contributed by atoms with Crippen molar-refractivity contribution < 1.29 is 4.79 Å². The average molecular weight is 459 g/mol. The SMILES string of the molecule is CN(C)C(=O)c1cc2cnc(Nc3ccc(N4CC5(CNC5)C4)cn3)nn2c1-c1cnn(C)c1. The molecule has 1 amide bonds. The van der Waals surface area contributed by atoms with Gasteiger partial charge in [-0.25, -0.2) is 14.5 Å². The summed E-state index contributed by atoms with van der Waals surface area (Å²) in [5, 5.41) is 15.5. The highest BCUT2D eigenvalue weighted by atomic mass is 16.2. The minimum absolute atomic E-state index is 0.110. The lowest BCUT2D eigenvalue weighted by Crippen LogP contribution is -2.71. The van der Waals surface area contributed by atoms with Crippen molar-refractivity contribution in [3.63, 3.8) is 0 Å². The minimum Gasteiger partial charge on any atom is -0.369 e. The summed E-state index contributed by atoms with van der Waals surface area (Å²) in [6.07, 6.45) is 7.17. The summed E-state index contributed by atoms with van der Waals surface area (Å²) in [6, 6.07) is 5.81. The Hall–Kier alpha value is -3.99. The molecule has 0 saturated carbocycles. The Labute approximate surface area is 196 Å². The number of hydrogen-bond acceptors (Lipinski definition) is 8. The Kier molecular flexibility index (Phi) is 4.56. The van der Waals surface area contributed by atoms with Crippen molar-refractivity contribution in [1.29, 1.82) is 0 Å². The molecular formula is C23H26N10O. The third kappa shape index (κ3) is 3.36. The number of pyridine rings is 1. The van der Waals surface area contributed by atoms with Gasteiger partial charge < -0.3 is 20.4 Å². The van der Waals surface area contributed by atoms with Crippen LogP contribution in [0.4, 0.5) is 17.5 Å². The van der Waals surface area contributed by atoms with Crippen molar-refractivity contribution in [3.8, 4) is 11.3 Å². The van der Waals surface area contributed by atoms with E-state index < -0.39 is 0 Å². The number of nitrogens with one attached hydrogen (secondary N) is 2. The normalized spacial score (nSPS) is 16.4. The standard InChI is InChI=1S/C23H26N10O/c1-30(2)21(34)18-6-17-9-26-22(29-33(17)20(18)15-7-27-31(3)10-15)28-19-5-4-16(8-25-19)32-13-23(14-32)11-24-12-23/h4-10,24H,11-14H2,1-3H3,(H,25,28,29). The number of carbonyl (C=O) groups is 1. The van der Waals surface area contributed by atoms with E-state index >= 15 is 0 Å². The van der Waals surface area contributed by atoms with Gasteiger partial charge in [-0.15, -0.1) is 5.10 Å². The van der Waals surface area contributed by atoms with Gasteiger partial charge in [-0.3, -0.25) is 9.48 Å². The monoisotopic (exact) mass is 458 g/mol. The molecule has 0 aliphatic carbocycles. The first-order valence-electron chi connectivity index (χ1n) is 11.2. The zero-order valence-electron chi connectivity index (χ0n) is 19.4. The van der Waals surface area contributed by atoms with E-state index in [1.54, 1.807) is 46.7 Å². The zero-order valence-corrected chi connectivity index (χ0v) is 19.4. The minimum atomic E-state index is -0.110. The van der Waals surface area contributed by atoms with E-state index in [0.717, 1.165) is 42.9 Å². The van der Waals surface area contributed by atoms with E-state index in [1.165, 1.54) is 0 Å². The molecule has 0 atom stereocenters. The van der Waals surface area contributed by atoms with Crippen molar-refractivity contribution in [2.24, 2.45) is 12.5 Å². The number of aryl methyl sites for hydroxylation is 1. The number of anilines is 3. The summed E-state index contributed by atoms with van der Waals surface area (Å²) in [5.41, 5.74) is 4.32. The van der Waals surface area contributed by atoms with Gasteiger partial charge in [-0.05, 0) is 18.2 Å². The second kappa shape index (κ2) is 7.52. The van der Waals surface area contributed by atoms with E-state index in [9.17, 15) is 4.79 Å². The van der Waals surface area contributed by atoms with Crippen molar-refractivity contribution in [2.45, 2.75) is 0 Å². The van der Waals surface area contributed by atoms with E-state index in [4.69, 9.17) is 0 Å². The van der Waals surface area contributed by atoms with Crippen molar-refractivity contribution in [3.05, 3.63) is 48.5 Å². The Bertz CT molecular complexity index is 1370. The molecule has 0 aromatic carbocycles. The Morgan fingerprint density at radius 1 is 1.15 bits per heavy atom. The molecule has 6 heterocycles. The molecule has 4 aromatic heterocycles. The Balaban J connectivity index is 1.29. The van der Waals surface area contributed by atoms with Crippen LogP contribution < -0.4 is 15.5 Å². The van der Waals surface area contributed by atoms with Gasteiger partial charge in [0.05, 0.1) is 41.1 Å². The maximum Gasteiger partial charge on any atom is 0.255 e. The maximum absolute atomic E-state index is 12.9. The van der Waals surface area contributed by atoms with E-state index in [2.05, 4.69) is 41.8 Å². The Morgan fingerprint density at radius 3 is 2.59 bits per heavy atom. The molecule has 2 N–H and O–H groups in total. The van der Waals surface area contributed by atoms with E-state index in [-0.39, 0.29) is 5.91 Å². The number of amides is 1. The van der Waals surface area contributed by atoms with Gasteiger partial charge in [0.15, 0.2) is 0 Å². The number of fused-ring (bicyclic) bond motifs is 1. The number of carbonyl (C=O) groups excluding carboxylic acids is 1. The van der Waals surface area contributed by atoms with E-state index in [1.807, 2.05) is 25.5 Å². The molecule has 2 saturated heterocycles. The highest BCUT2D eigenvalue weighted by molar-refractivity contribution is 6.01. The number of nitrogens with zero attached hydrogens (tertiary/aromatic N) is 8. The number of aromatic nitrogens is 6. The number of rotatable bonds is 5. The third-order valence-corrected chi connectivity index (χ3v) is 6.54. The second-order valence-corrected chi connectivity index (χ2v) is 9.41. The second-order valence-electron chi connectivity index (χ2n) is 9.41. The molecule has 2 fully saturated rings. The lowest BCUT2D eigenvalue weighted by atomic mass is 9.74. The molecule has 1 spiro atoms. The molecular weight excluding hydrogens is 432 g/mol. The molecule has 11 nitrogen and oxygen atoms in total. The largest absolute Gasteiger partial charge is 0.369 e. The van der Waals surface area contributed by atoms with Crippen molar-refractivity contribution >= 4 is 28.9 Å². The first kappa shape index (κ1) is 20.6. The molecule has 174 valence electrons. The van der Waals surface area contributed by atoms with Gasteiger partial charge in [0.1, 0.15) is 5.82 Å². The van der Waals surface area contributed by atoms with Gasteiger partial charge in [-0.2, -0.15) is 5.10 Å². The fourth-order valence-electron chi connectivity index (χ4n) is 4.66. The summed E-state index contributed by atoms with van der Waals surface area (Å²) in [6.45, 7) is 4.37. The van der Waals surface area contributed by atoms with Gasteiger partial charge >= 0.3 is 0 Å². The van der Waals surface area contributed by atoms with Crippen LogP contribution in [0.1, 0.15) is 10.4 Å². The summed E-state index contributed by atoms with van der Waals surface area (Å²) in [4.78, 5) is 25.8. The molecule has 0 bridgehead atoms. The van der Waals surface area contributed by atoms with Crippen LogP contribution in [-0.4, -0.2) is 80.4 Å². The fourth-order valence-corrected chi connectivity index (χ4v) is 4.66. The van der Waals surface area contributed by atoms with Crippen LogP contribution in [0, 0.1) is 5.41 Å². The van der Waals surface area contributed by atoms with Crippen LogP contribution in [0.3, 0.4) is 0 Å². The lowest BCUT2D eigenvalue weighted by Gasteiger charge is -2.57. The molecule has 0 radical (unpaired) electrons. The fraction of sp³-hybridized carbons (Fsp3) is 0.348. The Morgan fingerprint density at radius 2 is 1.97 bits per heavy atom. The van der Waals surface area contributed by atoms with Crippen LogP contribution >= 0.6 is 0 Å². The summed E-state index contributed by atoms with van der Waals surface area (Å²) in [5.74, 6) is 0.936. The van der Waals surface area contributed by atoms with Crippen molar-refractivity contribution in [1.82, 2.24) is 39.6 Å². The molecule has 2 aliphatic heterocycles. The van der Waals surface area contributed by atoms with Crippen molar-refractivity contribution in [2.75, 3.05) is 50.5 Å². The smallest absolute Gasteiger partial charge is 0.255 e. The van der Waals surface area contributed by atoms with Crippen LogP contribution in [0.5, 0.6) is 0 Å². The first-order chi connectivity index (χ1) is 16.4. The van der Waals surface area contributed by atoms with E-state index in [0.29, 0.717) is 28.4 Å². The molecule has 4 aromatic rings. The first-order valence-corrected chi connectivity index (χ1v) is 11.2. The quantitative estimate of drug-likeness (QED) is 0.462. The van der Waals surface area contributed by atoms with Crippen LogP contribution in [0.2, 0.25) is 0 Å². The highest BCUT2D eigenvalue weighted by Gasteiger charge is 2.47. The van der Waals surface area contributed by atoms with Crippen LogP contribution in [-0.2, 0) is 7.05 Å². The maximum atomic E-state index is 12.9. The molecule has 34 heavy (non-hydrogen) atoms. The van der Waals surface area contributed by atoms with Gasteiger partial charge in [0.25, 0.3) is 5.91 Å². The zero-order chi connectivity index (χ0) is 23.4. The average Bonchev–Trinajstić information content (AvgIpc) is 3.35. The third-order valence-electron chi connectivity index (χ3n) is 6.54. The predicted octanol–water partition coefficient (Wildman–Crippen LogP) is 1.38. The lowest BCUT2D eigenvalue weighted by molar-refractivity contribution is 0.0828. The molecule has 11 heteroatoms. The summed E-state index contributed by atoms with van der Waals surface area (Å²) in [7, 11) is 5.30. The predicted molar refractivity (Wildman–Crippen MR) is 128 cm³/mol. The topological polar surface area (TPSA) is 109 Å². The number of hydrogen-bond donors (Lipinski definition) is 2. The highest BCUT2D eigenvalue weighted by Crippen LogP contribution is 2.37. The van der Waals surface area contributed by atoms with Crippen LogP contribution in [0.15, 0.2) is 43.0 Å². The van der Waals surface area contributed by atoms with Gasteiger partial charge in [0, 0.05) is 64.5 Å². The van der Waals surface area contributed by atoms with Gasteiger partial charge in [-0.1, -0.05) is 0 Å².